The maximum atomic E-state index is 12.1. The van der Waals surface area contributed by atoms with E-state index >= 15 is 0 Å². The van der Waals surface area contributed by atoms with Crippen LogP contribution in [0.5, 0.6) is 11.5 Å². The smallest absolute Gasteiger partial charge is 0.343 e. The van der Waals surface area contributed by atoms with E-state index in [1.54, 1.807) is 54.6 Å². The van der Waals surface area contributed by atoms with Gasteiger partial charge >= 0.3 is 5.97 Å². The predicted octanol–water partition coefficient (Wildman–Crippen LogP) is 3.36. The van der Waals surface area contributed by atoms with Gasteiger partial charge in [0, 0.05) is 0 Å². The van der Waals surface area contributed by atoms with Gasteiger partial charge in [-0.1, -0.05) is 6.08 Å². The van der Waals surface area contributed by atoms with Crippen molar-refractivity contribution in [3.8, 4) is 17.6 Å². The van der Waals surface area contributed by atoms with E-state index in [4.69, 9.17) is 19.5 Å². The van der Waals surface area contributed by atoms with Crippen LogP contribution < -0.4 is 9.47 Å². The minimum atomic E-state index is -0.472. The van der Waals surface area contributed by atoms with Gasteiger partial charge in [-0.25, -0.2) is 4.79 Å². The van der Waals surface area contributed by atoms with E-state index in [9.17, 15) is 4.79 Å². The van der Waals surface area contributed by atoms with Gasteiger partial charge in [0.2, 0.25) is 0 Å². The molecule has 2 aromatic carbocycles. The van der Waals surface area contributed by atoms with Gasteiger partial charge in [-0.15, -0.1) is 6.58 Å². The molecule has 0 spiro atoms. The molecule has 0 aliphatic heterocycles. The molecule has 5 heteroatoms. The largest absolute Gasteiger partial charge is 0.491 e. The molecule has 0 fully saturated rings. The first-order valence-electron chi connectivity index (χ1n) is 7.37. The lowest BCUT2D eigenvalue weighted by Crippen LogP contribution is -2.09. The van der Waals surface area contributed by atoms with Crippen LogP contribution in [0.2, 0.25) is 0 Å². The highest BCUT2D eigenvalue weighted by atomic mass is 16.5. The number of rotatable bonds is 8. The van der Waals surface area contributed by atoms with Gasteiger partial charge in [0.15, 0.2) is 0 Å². The summed E-state index contributed by atoms with van der Waals surface area (Å²) in [6.45, 7) is 4.93. The summed E-state index contributed by atoms with van der Waals surface area (Å²) < 4.78 is 15.9. The number of hydrogen-bond donors (Lipinski definition) is 0. The Labute approximate surface area is 140 Å². The van der Waals surface area contributed by atoms with Gasteiger partial charge < -0.3 is 14.2 Å². The van der Waals surface area contributed by atoms with Crippen molar-refractivity contribution in [2.45, 2.75) is 0 Å². The van der Waals surface area contributed by atoms with Crippen molar-refractivity contribution < 1.29 is 19.0 Å². The molecular weight excluding hydrogens is 306 g/mol. The number of carbonyl (C=O) groups is 1. The Kier molecular flexibility index (Phi) is 6.57. The Hall–Kier alpha value is -3.10. The lowest BCUT2D eigenvalue weighted by atomic mass is 10.2. The maximum absolute atomic E-state index is 12.1. The highest BCUT2D eigenvalue weighted by Crippen LogP contribution is 2.16. The average molecular weight is 323 g/mol. The standard InChI is InChI=1S/C19H17NO4/c1-2-11-22-12-13-23-17-9-5-16(6-10-17)19(21)24-18-7-3-15(14-20)4-8-18/h2-10H,1,11-13H2. The third-order valence-electron chi connectivity index (χ3n) is 3.02. The zero-order valence-corrected chi connectivity index (χ0v) is 13.1. The molecule has 0 aliphatic carbocycles. The van der Waals surface area contributed by atoms with Crippen LogP contribution >= 0.6 is 0 Å². The van der Waals surface area contributed by atoms with Crippen molar-refractivity contribution in [3.05, 3.63) is 72.3 Å². The molecule has 0 saturated heterocycles. The summed E-state index contributed by atoms with van der Waals surface area (Å²) >= 11 is 0. The van der Waals surface area contributed by atoms with Crippen LogP contribution in [0, 0.1) is 11.3 Å². The molecule has 2 aromatic rings. The molecule has 0 amide bonds. The second kappa shape index (κ2) is 9.13. The number of carbonyl (C=O) groups excluding carboxylic acids is 1. The zero-order chi connectivity index (χ0) is 17.2. The number of esters is 1. The second-order valence-electron chi connectivity index (χ2n) is 4.76. The van der Waals surface area contributed by atoms with E-state index in [2.05, 4.69) is 6.58 Å². The molecule has 0 bridgehead atoms. The molecule has 0 N–H and O–H groups in total. The van der Waals surface area contributed by atoms with Gasteiger partial charge in [0.25, 0.3) is 0 Å². The summed E-state index contributed by atoms with van der Waals surface area (Å²) in [5.74, 6) is 0.561. The first-order chi connectivity index (χ1) is 11.7. The van der Waals surface area contributed by atoms with Crippen molar-refractivity contribution in [1.82, 2.24) is 0 Å². The highest BCUT2D eigenvalue weighted by Gasteiger charge is 2.08. The van der Waals surface area contributed by atoms with Crippen LogP contribution in [0.15, 0.2) is 61.2 Å². The molecule has 0 aliphatic rings. The Morgan fingerprint density at radius 1 is 1.04 bits per heavy atom. The minimum Gasteiger partial charge on any atom is -0.491 e. The molecule has 0 atom stereocenters. The molecule has 5 nitrogen and oxygen atoms in total. The Morgan fingerprint density at radius 2 is 1.71 bits per heavy atom. The van der Waals surface area contributed by atoms with Gasteiger partial charge in [-0.05, 0) is 48.5 Å². The number of hydrogen-bond acceptors (Lipinski definition) is 5. The van der Waals surface area contributed by atoms with Gasteiger partial charge in [0.1, 0.15) is 18.1 Å². The quantitative estimate of drug-likeness (QED) is 0.322. The summed E-state index contributed by atoms with van der Waals surface area (Å²) in [4.78, 5) is 12.1. The molecule has 2 rings (SSSR count). The summed E-state index contributed by atoms with van der Waals surface area (Å²) in [5, 5.41) is 8.74. The summed E-state index contributed by atoms with van der Waals surface area (Å²) in [6.07, 6.45) is 1.67. The first kappa shape index (κ1) is 17.3. The van der Waals surface area contributed by atoms with Crippen LogP contribution in [0.25, 0.3) is 0 Å². The van der Waals surface area contributed by atoms with Crippen LogP contribution in [0.4, 0.5) is 0 Å². The summed E-state index contributed by atoms with van der Waals surface area (Å²) in [7, 11) is 0. The van der Waals surface area contributed by atoms with E-state index in [1.165, 1.54) is 0 Å². The van der Waals surface area contributed by atoms with Crippen LogP contribution in [0.1, 0.15) is 15.9 Å². The molecule has 0 unspecified atom stereocenters. The van der Waals surface area contributed by atoms with Crippen LogP contribution in [-0.4, -0.2) is 25.8 Å². The van der Waals surface area contributed by atoms with Crippen molar-refractivity contribution >= 4 is 5.97 Å². The zero-order valence-electron chi connectivity index (χ0n) is 13.1. The average Bonchev–Trinajstić information content (AvgIpc) is 2.62. The lowest BCUT2D eigenvalue weighted by Gasteiger charge is -2.07. The van der Waals surface area contributed by atoms with Crippen LogP contribution in [0.3, 0.4) is 0 Å². The third-order valence-corrected chi connectivity index (χ3v) is 3.02. The molecule has 122 valence electrons. The fourth-order valence-electron chi connectivity index (χ4n) is 1.84. The number of nitriles is 1. The first-order valence-corrected chi connectivity index (χ1v) is 7.37. The molecule has 0 saturated carbocycles. The van der Waals surface area contributed by atoms with Crippen molar-refractivity contribution in [1.29, 1.82) is 5.26 Å². The third kappa shape index (κ3) is 5.27. The maximum Gasteiger partial charge on any atom is 0.343 e. The monoisotopic (exact) mass is 323 g/mol. The topological polar surface area (TPSA) is 68.6 Å². The molecule has 0 radical (unpaired) electrons. The highest BCUT2D eigenvalue weighted by molar-refractivity contribution is 5.91. The minimum absolute atomic E-state index is 0.388. The predicted molar refractivity (Wildman–Crippen MR) is 89.1 cm³/mol. The van der Waals surface area contributed by atoms with Gasteiger partial charge in [-0.2, -0.15) is 5.26 Å². The molecule has 24 heavy (non-hydrogen) atoms. The molecule has 0 heterocycles. The fourth-order valence-corrected chi connectivity index (χ4v) is 1.84. The Bertz CT molecular complexity index is 715. The normalized spacial score (nSPS) is 9.79. The Balaban J connectivity index is 1.86. The van der Waals surface area contributed by atoms with E-state index in [1.807, 2.05) is 6.07 Å². The van der Waals surface area contributed by atoms with Gasteiger partial charge in [-0.3, -0.25) is 0 Å². The SMILES string of the molecule is C=CCOCCOc1ccc(C(=O)Oc2ccc(C#N)cc2)cc1. The van der Waals surface area contributed by atoms with Crippen molar-refractivity contribution in [3.63, 3.8) is 0 Å². The number of benzene rings is 2. The van der Waals surface area contributed by atoms with E-state index < -0.39 is 5.97 Å². The molecular formula is C19H17NO4. The number of ether oxygens (including phenoxy) is 3. The van der Waals surface area contributed by atoms with Gasteiger partial charge in [0.05, 0.1) is 30.4 Å². The molecule has 0 aromatic heterocycles. The Morgan fingerprint density at radius 3 is 2.33 bits per heavy atom. The lowest BCUT2D eigenvalue weighted by molar-refractivity contribution is 0.0734. The van der Waals surface area contributed by atoms with Crippen LogP contribution in [-0.2, 0) is 4.74 Å². The van der Waals surface area contributed by atoms with E-state index in [0.29, 0.717) is 42.4 Å². The summed E-state index contributed by atoms with van der Waals surface area (Å²) in [5.41, 5.74) is 0.919. The number of nitrogens with zero attached hydrogens (tertiary/aromatic N) is 1. The van der Waals surface area contributed by atoms with Crippen molar-refractivity contribution in [2.75, 3.05) is 19.8 Å². The summed E-state index contributed by atoms with van der Waals surface area (Å²) in [6, 6.07) is 15.0. The fraction of sp³-hybridized carbons (Fsp3) is 0.158. The van der Waals surface area contributed by atoms with E-state index in [-0.39, 0.29) is 0 Å². The van der Waals surface area contributed by atoms with E-state index in [0.717, 1.165) is 0 Å². The van der Waals surface area contributed by atoms with Crippen molar-refractivity contribution in [2.24, 2.45) is 0 Å². The second-order valence-corrected chi connectivity index (χ2v) is 4.76.